The minimum atomic E-state index is -4.64. The van der Waals surface area contributed by atoms with Gasteiger partial charge in [0.2, 0.25) is 0 Å². The minimum absolute atomic E-state index is 0. The van der Waals surface area contributed by atoms with Gasteiger partial charge >= 0.3 is 7.82 Å². The van der Waals surface area contributed by atoms with Crippen molar-refractivity contribution in [2.45, 2.75) is 0 Å². The number of phosphoric acid groups is 1. The highest BCUT2D eigenvalue weighted by molar-refractivity contribution is 7.45. The maximum Gasteiger partial charge on any atom is 0.466 e. The van der Waals surface area contributed by atoms with Crippen LogP contribution in [-0.4, -0.2) is 14.7 Å². The summed E-state index contributed by atoms with van der Waals surface area (Å²) in [5.41, 5.74) is 0. The Labute approximate surface area is 59.0 Å². The second kappa shape index (κ2) is 16.0. The van der Waals surface area contributed by atoms with Gasteiger partial charge in [0.05, 0.1) is 0 Å². The van der Waals surface area contributed by atoms with Gasteiger partial charge in [0.1, 0.15) is 0 Å². The second-order valence-corrected chi connectivity index (χ2v) is 1.54. The van der Waals surface area contributed by atoms with Crippen LogP contribution < -0.4 is 30.8 Å². The lowest BCUT2D eigenvalue weighted by Crippen LogP contribution is -1.66. The summed E-state index contributed by atoms with van der Waals surface area (Å²) >= 11 is 0. The van der Waals surface area contributed by atoms with Crippen LogP contribution in [0, 0.1) is 0 Å². The van der Waals surface area contributed by atoms with E-state index in [9.17, 15) is 0 Å². The molecule has 0 atom stereocenters. The van der Waals surface area contributed by atoms with E-state index in [4.69, 9.17) is 19.2 Å². The van der Waals surface area contributed by atoms with Crippen molar-refractivity contribution in [2.24, 2.45) is 0 Å². The van der Waals surface area contributed by atoms with E-state index in [0.717, 1.165) is 0 Å². The van der Waals surface area contributed by atoms with Crippen LogP contribution in [0.5, 0.6) is 0 Å². The largest absolute Gasteiger partial charge is 0.466 e. The number of hydrogen-bond donors (Lipinski definition) is 8. The molecule has 0 saturated carbocycles. The maximum absolute atomic E-state index is 8.88. The first-order valence-corrected chi connectivity index (χ1v) is 2.35. The van der Waals surface area contributed by atoms with Crippen molar-refractivity contribution in [1.82, 2.24) is 30.8 Å². The molecule has 0 bridgehead atoms. The molecule has 0 amide bonds. The topological polar surface area (TPSA) is 253 Å². The highest BCUT2D eigenvalue weighted by atomic mass is 31.2. The van der Waals surface area contributed by atoms with Crippen molar-refractivity contribution in [1.29, 1.82) is 0 Å². The molecule has 0 aromatic carbocycles. The highest BCUT2D eigenvalue weighted by Crippen LogP contribution is 2.25. The third-order valence-corrected chi connectivity index (χ3v) is 0. The zero-order chi connectivity index (χ0) is 4.50. The van der Waals surface area contributed by atoms with Gasteiger partial charge in [-0.25, -0.2) is 4.57 Å². The Morgan fingerprint density at radius 1 is 0.700 bits per heavy atom. The molecule has 0 spiro atoms. The SMILES string of the molecule is N.N.N.N.N.O=P(O)(O)O. The van der Waals surface area contributed by atoms with Crippen LogP contribution in [0.15, 0.2) is 0 Å². The van der Waals surface area contributed by atoms with Gasteiger partial charge in [0, 0.05) is 0 Å². The molecule has 18 N–H and O–H groups in total. The van der Waals surface area contributed by atoms with Crippen molar-refractivity contribution in [3.63, 3.8) is 0 Å². The van der Waals surface area contributed by atoms with E-state index in [2.05, 4.69) is 0 Å². The standard InChI is InChI=1S/5H3N.H3O4P/c;;;;;1-5(2,3)4/h5*1H3;(H3,1,2,3,4). The third-order valence-electron chi connectivity index (χ3n) is 0. The van der Waals surface area contributed by atoms with Crippen LogP contribution in [-0.2, 0) is 4.57 Å². The summed E-state index contributed by atoms with van der Waals surface area (Å²) in [6.45, 7) is 0. The predicted octanol–water partition coefficient (Wildman–Crippen LogP) is -0.119. The Bertz CT molecular complexity index is 59.8. The Morgan fingerprint density at radius 3 is 0.700 bits per heavy atom. The predicted molar refractivity (Wildman–Crippen MR) is 39.4 cm³/mol. The van der Waals surface area contributed by atoms with Crippen molar-refractivity contribution in [3.05, 3.63) is 0 Å². The van der Waals surface area contributed by atoms with Crippen LogP contribution in [0.4, 0.5) is 0 Å². The van der Waals surface area contributed by atoms with E-state index in [0.29, 0.717) is 0 Å². The van der Waals surface area contributed by atoms with Gasteiger partial charge in [0.25, 0.3) is 0 Å². The van der Waals surface area contributed by atoms with Crippen LogP contribution in [0.1, 0.15) is 0 Å². The number of rotatable bonds is 0. The molecule has 72 valence electrons. The number of hydrogen-bond acceptors (Lipinski definition) is 6. The fourth-order valence-corrected chi connectivity index (χ4v) is 0. The molecular formula is H18N5O4P. The molecule has 9 nitrogen and oxygen atoms in total. The Morgan fingerprint density at radius 2 is 0.700 bits per heavy atom. The fourth-order valence-electron chi connectivity index (χ4n) is 0. The lowest BCUT2D eigenvalue weighted by atomic mass is 14.0. The van der Waals surface area contributed by atoms with E-state index >= 15 is 0 Å². The summed E-state index contributed by atoms with van der Waals surface area (Å²) in [7, 11) is -4.64. The molecule has 0 aliphatic carbocycles. The van der Waals surface area contributed by atoms with Crippen molar-refractivity contribution in [3.8, 4) is 0 Å². The summed E-state index contributed by atoms with van der Waals surface area (Å²) in [5, 5.41) is 0. The Kier molecular flexibility index (Phi) is 82.1. The fraction of sp³-hybridized carbons (Fsp3) is 0. The molecular weight excluding hydrogens is 165 g/mol. The van der Waals surface area contributed by atoms with Crippen LogP contribution >= 0.6 is 7.82 Å². The lowest BCUT2D eigenvalue weighted by Gasteiger charge is -1.82. The lowest BCUT2D eigenvalue weighted by molar-refractivity contribution is 0.275. The molecule has 0 aromatic heterocycles. The molecule has 0 radical (unpaired) electrons. The third kappa shape index (κ3) is 46600. The smallest absolute Gasteiger partial charge is 0.344 e. The Hall–Kier alpha value is -0.0900. The summed E-state index contributed by atoms with van der Waals surface area (Å²) in [6, 6.07) is 0. The molecule has 0 saturated heterocycles. The summed E-state index contributed by atoms with van der Waals surface area (Å²) in [4.78, 5) is 21.6. The van der Waals surface area contributed by atoms with Gasteiger partial charge in [-0.15, -0.1) is 0 Å². The first-order valence-electron chi connectivity index (χ1n) is 0.783. The van der Waals surface area contributed by atoms with Crippen LogP contribution in [0.25, 0.3) is 0 Å². The molecule has 0 heterocycles. The van der Waals surface area contributed by atoms with Gasteiger partial charge in [-0.2, -0.15) is 0 Å². The van der Waals surface area contributed by atoms with E-state index in [1.165, 1.54) is 0 Å². The molecule has 10 heteroatoms. The van der Waals surface area contributed by atoms with Gasteiger partial charge in [-0.05, 0) is 0 Å². The average molecular weight is 183 g/mol. The van der Waals surface area contributed by atoms with Crippen LogP contribution in [0.2, 0.25) is 0 Å². The normalized spacial score (nSPS) is 5.90. The van der Waals surface area contributed by atoms with Crippen molar-refractivity contribution < 1.29 is 19.2 Å². The molecule has 0 unspecified atom stereocenters. The molecule has 0 fully saturated rings. The summed E-state index contributed by atoms with van der Waals surface area (Å²) in [6.07, 6.45) is 0. The molecule has 0 aliphatic rings. The monoisotopic (exact) mass is 183 g/mol. The molecule has 0 aliphatic heterocycles. The first kappa shape index (κ1) is 51.5. The maximum atomic E-state index is 8.88. The summed E-state index contributed by atoms with van der Waals surface area (Å²) in [5.74, 6) is 0. The molecule has 0 rings (SSSR count). The summed E-state index contributed by atoms with van der Waals surface area (Å²) < 4.78 is 8.88. The highest BCUT2D eigenvalue weighted by Gasteiger charge is 2.00. The minimum Gasteiger partial charge on any atom is -0.344 e. The molecule has 0 aromatic rings. The zero-order valence-corrected chi connectivity index (χ0v) is 6.63. The first-order chi connectivity index (χ1) is 2.00. The van der Waals surface area contributed by atoms with Crippen molar-refractivity contribution >= 4 is 7.82 Å². The Balaban J connectivity index is -0.00000000800. The van der Waals surface area contributed by atoms with Crippen molar-refractivity contribution in [2.75, 3.05) is 0 Å². The van der Waals surface area contributed by atoms with Gasteiger partial charge < -0.3 is 45.4 Å². The van der Waals surface area contributed by atoms with Gasteiger partial charge in [-0.3, -0.25) is 0 Å². The zero-order valence-electron chi connectivity index (χ0n) is 5.73. The quantitative estimate of drug-likeness (QED) is 0.232. The van der Waals surface area contributed by atoms with E-state index in [1.54, 1.807) is 0 Å². The average Bonchev–Trinajstić information content (AvgIpc) is 0.722. The van der Waals surface area contributed by atoms with E-state index in [1.807, 2.05) is 0 Å². The van der Waals surface area contributed by atoms with Gasteiger partial charge in [-0.1, -0.05) is 0 Å². The second-order valence-electron chi connectivity index (χ2n) is 0.513. The molecule has 10 heavy (non-hydrogen) atoms. The van der Waals surface area contributed by atoms with E-state index < -0.39 is 7.82 Å². The van der Waals surface area contributed by atoms with Crippen LogP contribution in [0.3, 0.4) is 0 Å². The van der Waals surface area contributed by atoms with E-state index in [-0.39, 0.29) is 30.8 Å². The van der Waals surface area contributed by atoms with Gasteiger partial charge in [0.15, 0.2) is 0 Å².